The number of likely N-dealkylation sites (N-methyl/N-ethyl adjacent to an activating group) is 1. The lowest BCUT2D eigenvalue weighted by Crippen LogP contribution is -2.37. The number of halogens is 1. The highest BCUT2D eigenvalue weighted by Crippen LogP contribution is 2.33. The molecule has 1 aliphatic rings. The van der Waals surface area contributed by atoms with Gasteiger partial charge in [-0.25, -0.2) is 0 Å². The number of hydrogen-bond donors (Lipinski definition) is 2. The minimum Gasteiger partial charge on any atom is -0.349 e. The van der Waals surface area contributed by atoms with Gasteiger partial charge in [-0.15, -0.1) is 12.4 Å². The van der Waals surface area contributed by atoms with Crippen LogP contribution in [-0.2, 0) is 16.0 Å². The number of amides is 2. The normalized spacial score (nSPS) is 14.9. The van der Waals surface area contributed by atoms with Crippen LogP contribution in [0.5, 0.6) is 0 Å². The quantitative estimate of drug-likeness (QED) is 0.876. The van der Waals surface area contributed by atoms with Crippen LogP contribution in [0.2, 0.25) is 0 Å². The smallest absolute Gasteiger partial charge is 0.244 e. The molecule has 1 aromatic carbocycles. The monoisotopic (exact) mass is 297 g/mol. The zero-order chi connectivity index (χ0) is 14.0. The van der Waals surface area contributed by atoms with Gasteiger partial charge in [-0.1, -0.05) is 12.1 Å². The number of nitrogens with two attached hydrogens (primary N) is 1. The molecule has 3 N–H and O–H groups in total. The van der Waals surface area contributed by atoms with Crippen molar-refractivity contribution in [3.05, 3.63) is 29.8 Å². The Kier molecular flexibility index (Phi) is 5.14. The average molecular weight is 298 g/mol. The molecule has 1 saturated carbocycles. The van der Waals surface area contributed by atoms with E-state index in [2.05, 4.69) is 5.32 Å². The van der Waals surface area contributed by atoms with Crippen molar-refractivity contribution in [2.24, 2.45) is 5.73 Å². The van der Waals surface area contributed by atoms with Gasteiger partial charge in [-0.3, -0.25) is 9.59 Å². The maximum atomic E-state index is 11.8. The maximum absolute atomic E-state index is 11.8. The van der Waals surface area contributed by atoms with Gasteiger partial charge >= 0.3 is 0 Å². The van der Waals surface area contributed by atoms with E-state index in [1.807, 2.05) is 12.1 Å². The molecule has 0 aliphatic heterocycles. The molecule has 0 heterocycles. The zero-order valence-electron chi connectivity index (χ0n) is 11.7. The minimum atomic E-state index is -0.667. The minimum absolute atomic E-state index is 0. The SMILES string of the molecule is CN(C)C(=O)Cc1ccc(NC(=O)C2(N)CC2)cc1.Cl. The van der Waals surface area contributed by atoms with E-state index >= 15 is 0 Å². The summed E-state index contributed by atoms with van der Waals surface area (Å²) in [6.07, 6.45) is 1.85. The van der Waals surface area contributed by atoms with E-state index in [0.717, 1.165) is 18.4 Å². The molecule has 6 heteroatoms. The Morgan fingerprint density at radius 2 is 1.80 bits per heavy atom. The fraction of sp³-hybridized carbons (Fsp3) is 0.429. The lowest BCUT2D eigenvalue weighted by molar-refractivity contribution is -0.128. The lowest BCUT2D eigenvalue weighted by atomic mass is 10.1. The van der Waals surface area contributed by atoms with Crippen LogP contribution in [0, 0.1) is 0 Å². The van der Waals surface area contributed by atoms with Crippen molar-refractivity contribution in [2.45, 2.75) is 24.8 Å². The lowest BCUT2D eigenvalue weighted by Gasteiger charge is -2.12. The van der Waals surface area contributed by atoms with Gasteiger partial charge in [-0.2, -0.15) is 0 Å². The summed E-state index contributed by atoms with van der Waals surface area (Å²) in [5.74, 6) is -0.0831. The largest absolute Gasteiger partial charge is 0.349 e. The number of nitrogens with one attached hydrogen (secondary N) is 1. The molecular weight excluding hydrogens is 278 g/mol. The Bertz CT molecular complexity index is 496. The molecular formula is C14H20ClN3O2. The molecule has 0 saturated heterocycles. The number of carbonyl (C=O) groups excluding carboxylic acids is 2. The summed E-state index contributed by atoms with van der Waals surface area (Å²) in [6, 6.07) is 7.27. The Labute approximate surface area is 124 Å². The summed E-state index contributed by atoms with van der Waals surface area (Å²) in [4.78, 5) is 24.9. The zero-order valence-corrected chi connectivity index (χ0v) is 12.5. The number of carbonyl (C=O) groups is 2. The predicted molar refractivity (Wildman–Crippen MR) is 80.9 cm³/mol. The summed E-state index contributed by atoms with van der Waals surface area (Å²) in [5.41, 5.74) is 6.77. The Balaban J connectivity index is 0.00000200. The molecule has 0 aromatic heterocycles. The molecule has 1 fully saturated rings. The first-order valence-corrected chi connectivity index (χ1v) is 6.30. The van der Waals surface area contributed by atoms with Crippen molar-refractivity contribution in [1.29, 1.82) is 0 Å². The number of nitrogens with zero attached hydrogens (tertiary/aromatic N) is 1. The highest BCUT2D eigenvalue weighted by Gasteiger charge is 2.45. The second kappa shape index (κ2) is 6.24. The third-order valence-electron chi connectivity index (χ3n) is 3.31. The standard InChI is InChI=1S/C14H19N3O2.ClH/c1-17(2)12(18)9-10-3-5-11(6-4-10)16-13(19)14(15)7-8-14;/h3-6H,7-9,15H2,1-2H3,(H,16,19);1H. The van der Waals surface area contributed by atoms with Crippen LogP contribution in [-0.4, -0.2) is 36.3 Å². The summed E-state index contributed by atoms with van der Waals surface area (Å²) in [7, 11) is 3.46. The van der Waals surface area contributed by atoms with E-state index in [4.69, 9.17) is 5.73 Å². The van der Waals surface area contributed by atoms with Crippen LogP contribution >= 0.6 is 12.4 Å². The van der Waals surface area contributed by atoms with Gasteiger partial charge in [0.2, 0.25) is 11.8 Å². The first-order chi connectivity index (χ1) is 8.90. The predicted octanol–water partition coefficient (Wildman–Crippen LogP) is 1.17. The molecule has 5 nitrogen and oxygen atoms in total. The Morgan fingerprint density at radius 1 is 1.25 bits per heavy atom. The van der Waals surface area contributed by atoms with Gasteiger partial charge < -0.3 is 16.0 Å². The van der Waals surface area contributed by atoms with Gasteiger partial charge in [0.1, 0.15) is 0 Å². The van der Waals surface area contributed by atoms with E-state index in [0.29, 0.717) is 12.1 Å². The molecule has 0 spiro atoms. The van der Waals surface area contributed by atoms with E-state index < -0.39 is 5.54 Å². The van der Waals surface area contributed by atoms with Crippen molar-refractivity contribution in [2.75, 3.05) is 19.4 Å². The summed E-state index contributed by atoms with van der Waals surface area (Å²) >= 11 is 0. The summed E-state index contributed by atoms with van der Waals surface area (Å²) in [6.45, 7) is 0. The fourth-order valence-corrected chi connectivity index (χ4v) is 1.66. The third kappa shape index (κ3) is 3.95. The van der Waals surface area contributed by atoms with Crippen molar-refractivity contribution in [3.63, 3.8) is 0 Å². The second-order valence-electron chi connectivity index (χ2n) is 5.27. The van der Waals surface area contributed by atoms with Gasteiger partial charge in [-0.05, 0) is 30.5 Å². The molecule has 0 bridgehead atoms. The van der Waals surface area contributed by atoms with Gasteiger partial charge in [0, 0.05) is 19.8 Å². The van der Waals surface area contributed by atoms with Crippen molar-refractivity contribution in [3.8, 4) is 0 Å². The number of anilines is 1. The van der Waals surface area contributed by atoms with Gasteiger partial charge in [0.15, 0.2) is 0 Å². The fourth-order valence-electron chi connectivity index (χ4n) is 1.66. The van der Waals surface area contributed by atoms with Crippen molar-refractivity contribution in [1.82, 2.24) is 4.90 Å². The molecule has 1 aliphatic carbocycles. The topological polar surface area (TPSA) is 75.4 Å². The van der Waals surface area contributed by atoms with E-state index in [-0.39, 0.29) is 24.2 Å². The molecule has 2 rings (SSSR count). The molecule has 1 aromatic rings. The third-order valence-corrected chi connectivity index (χ3v) is 3.31. The summed E-state index contributed by atoms with van der Waals surface area (Å²) in [5, 5.41) is 2.79. The average Bonchev–Trinajstić information content (AvgIpc) is 3.11. The number of benzene rings is 1. The van der Waals surface area contributed by atoms with Gasteiger partial charge in [0.25, 0.3) is 0 Å². The molecule has 0 atom stereocenters. The molecule has 20 heavy (non-hydrogen) atoms. The van der Waals surface area contributed by atoms with E-state index in [9.17, 15) is 9.59 Å². The van der Waals surface area contributed by atoms with Crippen LogP contribution < -0.4 is 11.1 Å². The highest BCUT2D eigenvalue weighted by molar-refractivity contribution is 6.00. The van der Waals surface area contributed by atoms with Crippen LogP contribution in [0.1, 0.15) is 18.4 Å². The first kappa shape index (κ1) is 16.5. The maximum Gasteiger partial charge on any atom is 0.244 e. The van der Waals surface area contributed by atoms with E-state index in [1.165, 1.54) is 0 Å². The summed E-state index contributed by atoms with van der Waals surface area (Å²) < 4.78 is 0. The van der Waals surface area contributed by atoms with Crippen molar-refractivity contribution < 1.29 is 9.59 Å². The molecule has 2 amide bonds. The van der Waals surface area contributed by atoms with Crippen LogP contribution in [0.25, 0.3) is 0 Å². The molecule has 0 radical (unpaired) electrons. The molecule has 0 unspecified atom stereocenters. The van der Waals surface area contributed by atoms with Gasteiger partial charge in [0.05, 0.1) is 12.0 Å². The Morgan fingerprint density at radius 3 is 2.25 bits per heavy atom. The van der Waals surface area contributed by atoms with Crippen LogP contribution in [0.15, 0.2) is 24.3 Å². The van der Waals surface area contributed by atoms with Crippen LogP contribution in [0.4, 0.5) is 5.69 Å². The van der Waals surface area contributed by atoms with E-state index in [1.54, 1.807) is 31.1 Å². The molecule has 110 valence electrons. The first-order valence-electron chi connectivity index (χ1n) is 6.30. The highest BCUT2D eigenvalue weighted by atomic mass is 35.5. The second-order valence-corrected chi connectivity index (χ2v) is 5.27. The number of rotatable bonds is 4. The van der Waals surface area contributed by atoms with Crippen molar-refractivity contribution >= 4 is 29.9 Å². The number of hydrogen-bond acceptors (Lipinski definition) is 3. The Hall–Kier alpha value is -1.59. The van der Waals surface area contributed by atoms with Crippen LogP contribution in [0.3, 0.4) is 0 Å².